The summed E-state index contributed by atoms with van der Waals surface area (Å²) in [6.45, 7) is 1.45. The monoisotopic (exact) mass is 427 g/mol. The molecule has 2 aliphatic rings. The van der Waals surface area contributed by atoms with Gasteiger partial charge in [0.15, 0.2) is 0 Å². The fraction of sp³-hybridized carbons (Fsp3) is 0.409. The molecular weight excluding hydrogens is 402 g/mol. The maximum absolute atomic E-state index is 12.9. The summed E-state index contributed by atoms with van der Waals surface area (Å²) >= 11 is 0. The molecule has 0 aliphatic carbocycles. The highest BCUT2D eigenvalue weighted by Crippen LogP contribution is 2.38. The highest BCUT2D eigenvalue weighted by atomic mass is 32.2. The number of rotatable bonds is 5. The molecule has 1 spiro atoms. The fourth-order valence-electron chi connectivity index (χ4n) is 4.22. The Balaban J connectivity index is 1.37. The van der Waals surface area contributed by atoms with E-state index in [1.807, 2.05) is 30.3 Å². The maximum Gasteiger partial charge on any atom is 0.243 e. The number of nitriles is 1. The largest absolute Gasteiger partial charge is 0.497 e. The number of nitrogens with zero attached hydrogens (tertiary/aromatic N) is 2. The summed E-state index contributed by atoms with van der Waals surface area (Å²) in [7, 11) is -1.92. The van der Waals surface area contributed by atoms with Gasteiger partial charge in [0.25, 0.3) is 0 Å². The zero-order valence-electron chi connectivity index (χ0n) is 16.9. The molecule has 158 valence electrons. The molecule has 2 aromatic rings. The molecule has 7 nitrogen and oxygen atoms in total. The molecule has 2 aliphatic heterocycles. The van der Waals surface area contributed by atoms with Crippen LogP contribution >= 0.6 is 0 Å². The van der Waals surface area contributed by atoms with Crippen molar-refractivity contribution in [2.75, 3.05) is 32.1 Å². The lowest BCUT2D eigenvalue weighted by molar-refractivity contribution is -0.0310. The lowest BCUT2D eigenvalue weighted by atomic mass is 9.88. The van der Waals surface area contributed by atoms with Crippen LogP contribution in [0.3, 0.4) is 0 Å². The summed E-state index contributed by atoms with van der Waals surface area (Å²) in [5.74, 6) is 0.801. The van der Waals surface area contributed by atoms with E-state index in [4.69, 9.17) is 14.7 Å². The van der Waals surface area contributed by atoms with Crippen LogP contribution in [0.15, 0.2) is 53.4 Å². The Hall–Kier alpha value is -2.60. The zero-order chi connectivity index (χ0) is 21.2. The normalized spacial score (nSPS) is 21.3. The standard InChI is InChI=1S/C22H25N3O4S/c1-28-20-4-2-3-18(13-20)24-19-14-22(29-16-19)9-11-25(12-10-22)30(26,27)21-7-5-17(15-23)6-8-21/h2-8,13,19,24H,9-12,14,16H2,1H3/t19-/m1/s1. The lowest BCUT2D eigenvalue weighted by Crippen LogP contribution is -2.46. The van der Waals surface area contributed by atoms with Gasteiger partial charge in [-0.05, 0) is 55.7 Å². The van der Waals surface area contributed by atoms with Crippen LogP contribution in [0.4, 0.5) is 5.69 Å². The van der Waals surface area contributed by atoms with E-state index in [-0.39, 0.29) is 16.5 Å². The van der Waals surface area contributed by atoms with Gasteiger partial charge in [0, 0.05) is 24.8 Å². The van der Waals surface area contributed by atoms with Crippen molar-refractivity contribution in [2.24, 2.45) is 0 Å². The summed E-state index contributed by atoms with van der Waals surface area (Å²) in [6.07, 6.45) is 2.17. The van der Waals surface area contributed by atoms with E-state index in [2.05, 4.69) is 5.32 Å². The topological polar surface area (TPSA) is 91.7 Å². The maximum atomic E-state index is 12.9. The van der Waals surface area contributed by atoms with Crippen molar-refractivity contribution in [3.05, 3.63) is 54.1 Å². The van der Waals surface area contributed by atoms with E-state index >= 15 is 0 Å². The van der Waals surface area contributed by atoms with Crippen LogP contribution in [-0.4, -0.2) is 51.2 Å². The third-order valence-electron chi connectivity index (χ3n) is 5.90. The smallest absolute Gasteiger partial charge is 0.243 e. The molecule has 1 atom stereocenters. The molecule has 0 saturated carbocycles. The number of hydrogen-bond donors (Lipinski definition) is 1. The molecule has 0 unspecified atom stereocenters. The Kier molecular flexibility index (Phi) is 5.69. The van der Waals surface area contributed by atoms with Gasteiger partial charge in [-0.15, -0.1) is 0 Å². The van der Waals surface area contributed by atoms with E-state index in [1.54, 1.807) is 7.11 Å². The van der Waals surface area contributed by atoms with E-state index in [1.165, 1.54) is 28.6 Å². The van der Waals surface area contributed by atoms with Crippen LogP contribution < -0.4 is 10.1 Å². The van der Waals surface area contributed by atoms with Crippen LogP contribution in [-0.2, 0) is 14.8 Å². The average molecular weight is 428 g/mol. The second-order valence-corrected chi connectivity index (χ2v) is 9.75. The molecule has 2 fully saturated rings. The number of nitrogens with one attached hydrogen (secondary N) is 1. The van der Waals surface area contributed by atoms with Crippen molar-refractivity contribution < 1.29 is 17.9 Å². The molecule has 4 rings (SSSR count). The second-order valence-electron chi connectivity index (χ2n) is 7.81. The van der Waals surface area contributed by atoms with E-state index in [0.717, 1.165) is 17.9 Å². The van der Waals surface area contributed by atoms with E-state index in [0.29, 0.717) is 38.1 Å². The van der Waals surface area contributed by atoms with Crippen molar-refractivity contribution in [3.63, 3.8) is 0 Å². The number of sulfonamides is 1. The van der Waals surface area contributed by atoms with Crippen molar-refractivity contribution >= 4 is 15.7 Å². The Morgan fingerprint density at radius 2 is 1.93 bits per heavy atom. The van der Waals surface area contributed by atoms with Crippen molar-refractivity contribution in [1.82, 2.24) is 4.31 Å². The first kappa shape index (κ1) is 20.7. The molecule has 0 radical (unpaired) electrons. The van der Waals surface area contributed by atoms with Gasteiger partial charge in [-0.3, -0.25) is 0 Å². The van der Waals surface area contributed by atoms with Crippen LogP contribution in [0.5, 0.6) is 5.75 Å². The second kappa shape index (κ2) is 8.26. The number of methoxy groups -OCH3 is 1. The zero-order valence-corrected chi connectivity index (χ0v) is 17.7. The Labute approximate surface area is 177 Å². The quantitative estimate of drug-likeness (QED) is 0.789. The lowest BCUT2D eigenvalue weighted by Gasteiger charge is -2.38. The molecular formula is C22H25N3O4S. The first-order valence-electron chi connectivity index (χ1n) is 9.99. The van der Waals surface area contributed by atoms with Crippen molar-refractivity contribution in [3.8, 4) is 11.8 Å². The summed E-state index contributed by atoms with van der Waals surface area (Å²) in [6, 6.07) is 16.1. The molecule has 2 heterocycles. The van der Waals surface area contributed by atoms with Gasteiger partial charge in [-0.25, -0.2) is 8.42 Å². The predicted octanol–water partition coefficient (Wildman–Crippen LogP) is 2.99. The number of benzene rings is 2. The molecule has 1 N–H and O–H groups in total. The first-order chi connectivity index (χ1) is 14.4. The molecule has 0 bridgehead atoms. The fourth-order valence-corrected chi connectivity index (χ4v) is 5.66. The molecule has 0 aromatic heterocycles. The van der Waals surface area contributed by atoms with Gasteiger partial charge >= 0.3 is 0 Å². The van der Waals surface area contributed by atoms with E-state index < -0.39 is 10.0 Å². The highest BCUT2D eigenvalue weighted by molar-refractivity contribution is 7.89. The average Bonchev–Trinajstić information content (AvgIpc) is 3.15. The van der Waals surface area contributed by atoms with Crippen LogP contribution in [0, 0.1) is 11.3 Å². The third-order valence-corrected chi connectivity index (χ3v) is 7.82. The van der Waals surface area contributed by atoms with Gasteiger partial charge in [0.1, 0.15) is 5.75 Å². The van der Waals surface area contributed by atoms with Crippen molar-refractivity contribution in [2.45, 2.75) is 35.8 Å². The SMILES string of the molecule is COc1cccc(N[C@H]2COC3(CCN(S(=O)(=O)c4ccc(C#N)cc4)CC3)C2)c1. The summed E-state index contributed by atoms with van der Waals surface area (Å²) in [5, 5.41) is 12.4. The minimum Gasteiger partial charge on any atom is -0.497 e. The highest BCUT2D eigenvalue weighted by Gasteiger charge is 2.44. The Morgan fingerprint density at radius 3 is 2.60 bits per heavy atom. The van der Waals surface area contributed by atoms with Crippen LogP contribution in [0.1, 0.15) is 24.8 Å². The minimum absolute atomic E-state index is 0.179. The minimum atomic E-state index is -3.56. The van der Waals surface area contributed by atoms with Gasteiger partial charge in [0.05, 0.1) is 41.9 Å². The number of ether oxygens (including phenoxy) is 2. The third kappa shape index (κ3) is 4.15. The number of piperidine rings is 1. The molecule has 2 aromatic carbocycles. The first-order valence-corrected chi connectivity index (χ1v) is 11.4. The predicted molar refractivity (Wildman–Crippen MR) is 113 cm³/mol. The number of hydrogen-bond acceptors (Lipinski definition) is 6. The van der Waals surface area contributed by atoms with Crippen LogP contribution in [0.2, 0.25) is 0 Å². The molecule has 30 heavy (non-hydrogen) atoms. The molecule has 0 amide bonds. The summed E-state index contributed by atoms with van der Waals surface area (Å²) in [5.41, 5.74) is 1.15. The summed E-state index contributed by atoms with van der Waals surface area (Å²) in [4.78, 5) is 0.224. The molecule has 2 saturated heterocycles. The molecule has 8 heteroatoms. The van der Waals surface area contributed by atoms with Crippen LogP contribution in [0.25, 0.3) is 0 Å². The van der Waals surface area contributed by atoms with Gasteiger partial charge < -0.3 is 14.8 Å². The number of anilines is 1. The van der Waals surface area contributed by atoms with Gasteiger partial charge in [-0.1, -0.05) is 6.07 Å². The van der Waals surface area contributed by atoms with Crippen molar-refractivity contribution in [1.29, 1.82) is 5.26 Å². The summed E-state index contributed by atoms with van der Waals surface area (Å²) < 4.78 is 38.8. The Morgan fingerprint density at radius 1 is 1.20 bits per heavy atom. The van der Waals surface area contributed by atoms with E-state index in [9.17, 15) is 8.42 Å². The van der Waals surface area contributed by atoms with Gasteiger partial charge in [-0.2, -0.15) is 9.57 Å². The van der Waals surface area contributed by atoms with Gasteiger partial charge in [0.2, 0.25) is 10.0 Å². The Bertz CT molecular complexity index is 1040.